The lowest BCUT2D eigenvalue weighted by atomic mass is 10.2. The second kappa shape index (κ2) is 6.10. The van der Waals surface area contributed by atoms with Crippen LogP contribution in [0.4, 0.5) is 8.78 Å². The van der Waals surface area contributed by atoms with E-state index in [9.17, 15) is 18.4 Å². The summed E-state index contributed by atoms with van der Waals surface area (Å²) in [5, 5.41) is 0. The van der Waals surface area contributed by atoms with Crippen molar-refractivity contribution in [1.82, 2.24) is 10.9 Å². The maximum atomic E-state index is 13.3. The van der Waals surface area contributed by atoms with Gasteiger partial charge in [-0.25, -0.2) is 8.78 Å². The number of halogens is 3. The summed E-state index contributed by atoms with van der Waals surface area (Å²) < 4.78 is 27.0. The molecule has 1 heterocycles. The molecular formula is C12H7BrF2N2O2S. The van der Waals surface area contributed by atoms with Gasteiger partial charge in [0.1, 0.15) is 11.6 Å². The normalized spacial score (nSPS) is 10.2. The van der Waals surface area contributed by atoms with Gasteiger partial charge in [0.05, 0.1) is 14.2 Å². The van der Waals surface area contributed by atoms with Gasteiger partial charge < -0.3 is 0 Å². The van der Waals surface area contributed by atoms with Crippen LogP contribution in [0, 0.1) is 11.6 Å². The minimum Gasteiger partial charge on any atom is -0.267 e. The Morgan fingerprint density at radius 3 is 2.40 bits per heavy atom. The zero-order valence-electron chi connectivity index (χ0n) is 9.75. The van der Waals surface area contributed by atoms with Crippen molar-refractivity contribution in [2.45, 2.75) is 0 Å². The van der Waals surface area contributed by atoms with Crippen molar-refractivity contribution in [3.63, 3.8) is 0 Å². The number of hydrogen-bond donors (Lipinski definition) is 2. The van der Waals surface area contributed by atoms with Crippen LogP contribution in [0.3, 0.4) is 0 Å². The van der Waals surface area contributed by atoms with E-state index in [0.717, 1.165) is 22.0 Å². The first-order chi connectivity index (χ1) is 9.47. The van der Waals surface area contributed by atoms with E-state index >= 15 is 0 Å². The molecule has 1 aromatic heterocycles. The number of benzene rings is 1. The Balaban J connectivity index is 2.02. The van der Waals surface area contributed by atoms with Gasteiger partial charge in [0.25, 0.3) is 11.8 Å². The highest BCUT2D eigenvalue weighted by atomic mass is 79.9. The Hall–Kier alpha value is -1.80. The third-order valence-corrected chi connectivity index (χ3v) is 3.88. The number of carbonyl (C=O) groups is 2. The van der Waals surface area contributed by atoms with Crippen LogP contribution in [-0.4, -0.2) is 11.8 Å². The molecule has 0 saturated carbocycles. The largest absolute Gasteiger partial charge is 0.279 e. The van der Waals surface area contributed by atoms with Gasteiger partial charge in [-0.2, -0.15) is 0 Å². The fourth-order valence-electron chi connectivity index (χ4n) is 1.35. The SMILES string of the molecule is O=C(NNC(=O)c1cc(F)ccc1F)c1ccc(Br)s1. The van der Waals surface area contributed by atoms with Gasteiger partial charge in [0, 0.05) is 0 Å². The average Bonchev–Trinajstić information content (AvgIpc) is 2.85. The van der Waals surface area contributed by atoms with Crippen LogP contribution in [0.1, 0.15) is 20.0 Å². The van der Waals surface area contributed by atoms with Crippen molar-refractivity contribution >= 4 is 39.1 Å². The minimum atomic E-state index is -0.939. The number of hydrazine groups is 1. The van der Waals surface area contributed by atoms with E-state index in [4.69, 9.17) is 0 Å². The Morgan fingerprint density at radius 1 is 1.05 bits per heavy atom. The summed E-state index contributed by atoms with van der Waals surface area (Å²) in [5.74, 6) is -3.11. The molecule has 0 fully saturated rings. The fraction of sp³-hybridized carbons (Fsp3) is 0. The first kappa shape index (κ1) is 14.6. The van der Waals surface area contributed by atoms with Crippen molar-refractivity contribution in [3.8, 4) is 0 Å². The second-order valence-corrected chi connectivity index (χ2v) is 6.10. The Labute approximate surface area is 124 Å². The maximum Gasteiger partial charge on any atom is 0.279 e. The van der Waals surface area contributed by atoms with E-state index in [0.29, 0.717) is 4.88 Å². The maximum absolute atomic E-state index is 13.3. The predicted molar refractivity (Wildman–Crippen MR) is 73.3 cm³/mol. The van der Waals surface area contributed by atoms with E-state index in [1.54, 1.807) is 12.1 Å². The zero-order valence-corrected chi connectivity index (χ0v) is 12.1. The van der Waals surface area contributed by atoms with Gasteiger partial charge in [0.15, 0.2) is 0 Å². The molecule has 0 aliphatic heterocycles. The standard InChI is InChI=1S/C12H7BrF2N2O2S/c13-10-4-3-9(20-10)12(19)17-16-11(18)7-5-6(14)1-2-8(7)15/h1-5H,(H,16,18)(H,17,19). The van der Waals surface area contributed by atoms with Crippen LogP contribution in [0.25, 0.3) is 0 Å². The second-order valence-electron chi connectivity index (χ2n) is 3.64. The van der Waals surface area contributed by atoms with E-state index in [1.165, 1.54) is 11.3 Å². The smallest absolute Gasteiger partial charge is 0.267 e. The lowest BCUT2D eigenvalue weighted by molar-refractivity contribution is 0.0846. The van der Waals surface area contributed by atoms with E-state index < -0.39 is 29.0 Å². The summed E-state index contributed by atoms with van der Waals surface area (Å²) in [5.41, 5.74) is 3.65. The number of rotatable bonds is 2. The molecule has 0 atom stereocenters. The summed E-state index contributed by atoms with van der Waals surface area (Å²) in [7, 11) is 0. The van der Waals surface area contributed by atoms with E-state index in [-0.39, 0.29) is 0 Å². The van der Waals surface area contributed by atoms with Gasteiger partial charge in [-0.05, 0) is 46.3 Å². The lowest BCUT2D eigenvalue weighted by Gasteiger charge is -2.07. The molecule has 0 saturated heterocycles. The molecule has 2 N–H and O–H groups in total. The van der Waals surface area contributed by atoms with Crippen LogP contribution in [0.15, 0.2) is 34.1 Å². The Morgan fingerprint density at radius 2 is 1.75 bits per heavy atom. The van der Waals surface area contributed by atoms with Gasteiger partial charge >= 0.3 is 0 Å². The van der Waals surface area contributed by atoms with Gasteiger partial charge in [0.2, 0.25) is 0 Å². The summed E-state index contributed by atoms with van der Waals surface area (Å²) in [6.07, 6.45) is 0. The highest BCUT2D eigenvalue weighted by molar-refractivity contribution is 9.11. The molecule has 0 bridgehead atoms. The Kier molecular flexibility index (Phi) is 4.46. The molecule has 20 heavy (non-hydrogen) atoms. The van der Waals surface area contributed by atoms with Gasteiger partial charge in [-0.15, -0.1) is 11.3 Å². The Bertz CT molecular complexity index is 675. The van der Waals surface area contributed by atoms with Gasteiger partial charge in [-0.3, -0.25) is 20.4 Å². The van der Waals surface area contributed by atoms with E-state index in [1.807, 2.05) is 5.43 Å². The first-order valence-corrected chi connectivity index (χ1v) is 6.89. The number of carbonyl (C=O) groups excluding carboxylic acids is 2. The molecule has 0 aliphatic rings. The van der Waals surface area contributed by atoms with E-state index in [2.05, 4.69) is 21.4 Å². The quantitative estimate of drug-likeness (QED) is 0.809. The summed E-state index contributed by atoms with van der Waals surface area (Å²) in [6, 6.07) is 5.71. The highest BCUT2D eigenvalue weighted by Crippen LogP contribution is 2.21. The molecule has 8 heteroatoms. The molecule has 1 aromatic carbocycles. The van der Waals surface area contributed by atoms with Crippen LogP contribution >= 0.6 is 27.3 Å². The van der Waals surface area contributed by atoms with Crippen molar-refractivity contribution in [3.05, 3.63) is 56.2 Å². The fourth-order valence-corrected chi connectivity index (χ4v) is 2.63. The van der Waals surface area contributed by atoms with Crippen LogP contribution in [-0.2, 0) is 0 Å². The molecule has 104 valence electrons. The number of hydrogen-bond acceptors (Lipinski definition) is 3. The zero-order chi connectivity index (χ0) is 14.7. The number of nitrogens with one attached hydrogen (secondary N) is 2. The molecule has 0 aliphatic carbocycles. The third-order valence-electron chi connectivity index (χ3n) is 2.26. The van der Waals surface area contributed by atoms with Crippen molar-refractivity contribution < 1.29 is 18.4 Å². The molecular weight excluding hydrogens is 354 g/mol. The monoisotopic (exact) mass is 360 g/mol. The van der Waals surface area contributed by atoms with Crippen molar-refractivity contribution in [2.24, 2.45) is 0 Å². The third kappa shape index (κ3) is 3.40. The van der Waals surface area contributed by atoms with Crippen LogP contribution < -0.4 is 10.9 Å². The van der Waals surface area contributed by atoms with Crippen molar-refractivity contribution in [2.75, 3.05) is 0 Å². The highest BCUT2D eigenvalue weighted by Gasteiger charge is 2.14. The molecule has 0 unspecified atom stereocenters. The summed E-state index contributed by atoms with van der Waals surface area (Å²) >= 11 is 4.36. The molecule has 0 radical (unpaired) electrons. The average molecular weight is 361 g/mol. The summed E-state index contributed by atoms with van der Waals surface area (Å²) in [4.78, 5) is 23.6. The molecule has 2 aromatic rings. The van der Waals surface area contributed by atoms with Crippen LogP contribution in [0.2, 0.25) is 0 Å². The topological polar surface area (TPSA) is 58.2 Å². The minimum absolute atomic E-state index is 0.358. The summed E-state index contributed by atoms with van der Waals surface area (Å²) in [6.45, 7) is 0. The first-order valence-electron chi connectivity index (χ1n) is 5.28. The van der Waals surface area contributed by atoms with Crippen molar-refractivity contribution in [1.29, 1.82) is 0 Å². The number of thiophene rings is 1. The lowest BCUT2D eigenvalue weighted by Crippen LogP contribution is -2.41. The molecule has 0 spiro atoms. The number of amides is 2. The molecule has 2 amide bonds. The molecule has 4 nitrogen and oxygen atoms in total. The predicted octanol–water partition coefficient (Wildman–Crippen LogP) is 2.86. The van der Waals surface area contributed by atoms with Crippen LogP contribution in [0.5, 0.6) is 0 Å². The van der Waals surface area contributed by atoms with Gasteiger partial charge in [-0.1, -0.05) is 0 Å². The molecule has 2 rings (SSSR count).